The summed E-state index contributed by atoms with van der Waals surface area (Å²) >= 11 is 0. The molecule has 3 rings (SSSR count). The third kappa shape index (κ3) is 4.17. The lowest BCUT2D eigenvalue weighted by Crippen LogP contribution is -2.16. The summed E-state index contributed by atoms with van der Waals surface area (Å²) in [5, 5.41) is 12.1. The molecule has 0 radical (unpaired) electrons. The van der Waals surface area contributed by atoms with Crippen LogP contribution in [-0.4, -0.2) is 26.7 Å². The van der Waals surface area contributed by atoms with Crippen LogP contribution in [0.5, 0.6) is 0 Å². The van der Waals surface area contributed by atoms with Gasteiger partial charge in [0.2, 0.25) is 0 Å². The first-order chi connectivity index (χ1) is 12.5. The molecule has 0 fully saturated rings. The van der Waals surface area contributed by atoms with Crippen molar-refractivity contribution in [1.29, 1.82) is 0 Å². The molecule has 9 heteroatoms. The highest BCUT2D eigenvalue weighted by Crippen LogP contribution is 2.32. The van der Waals surface area contributed by atoms with Crippen LogP contribution in [0.1, 0.15) is 23.9 Å². The van der Waals surface area contributed by atoms with Gasteiger partial charge in [0.05, 0.1) is 12.3 Å². The topological polar surface area (TPSA) is 84.1 Å². The average Bonchev–Trinajstić information content (AvgIpc) is 3.16. The van der Waals surface area contributed by atoms with Crippen molar-refractivity contribution >= 4 is 5.82 Å². The van der Waals surface area contributed by atoms with Gasteiger partial charge in [-0.05, 0) is 30.7 Å². The Morgan fingerprint density at radius 2 is 1.92 bits per heavy atom. The number of alkyl halides is 3. The normalized spacial score (nSPS) is 12.8. The highest BCUT2D eigenvalue weighted by Gasteiger charge is 2.34. The Morgan fingerprint density at radius 1 is 1.15 bits per heavy atom. The van der Waals surface area contributed by atoms with Crippen LogP contribution < -0.4 is 5.32 Å². The fourth-order valence-corrected chi connectivity index (χ4v) is 2.38. The van der Waals surface area contributed by atoms with Crippen LogP contribution in [0.15, 0.2) is 53.4 Å². The maximum absolute atomic E-state index is 13.2. The van der Waals surface area contributed by atoms with Crippen molar-refractivity contribution in [2.75, 3.05) is 11.9 Å². The molecule has 0 aliphatic rings. The number of aliphatic hydroxyl groups excluding tert-OH is 1. The molecule has 1 unspecified atom stereocenters. The van der Waals surface area contributed by atoms with Crippen LogP contribution >= 0.6 is 0 Å². The molecule has 0 aromatic carbocycles. The number of pyridine rings is 1. The van der Waals surface area contributed by atoms with Crippen molar-refractivity contribution in [3.8, 4) is 11.4 Å². The lowest BCUT2D eigenvalue weighted by molar-refractivity contribution is -0.141. The third-order valence-electron chi connectivity index (χ3n) is 3.58. The number of furan rings is 1. The second-order valence-electron chi connectivity index (χ2n) is 5.42. The van der Waals surface area contributed by atoms with Crippen LogP contribution in [0.3, 0.4) is 0 Å². The molecule has 3 aromatic heterocycles. The van der Waals surface area contributed by atoms with Crippen molar-refractivity contribution in [3.05, 3.63) is 60.4 Å². The van der Waals surface area contributed by atoms with E-state index in [0.717, 1.165) is 6.07 Å². The summed E-state index contributed by atoms with van der Waals surface area (Å²) in [6, 6.07) is 6.68. The zero-order valence-electron chi connectivity index (χ0n) is 13.4. The van der Waals surface area contributed by atoms with E-state index in [1.165, 1.54) is 30.8 Å². The molecule has 26 heavy (non-hydrogen) atoms. The van der Waals surface area contributed by atoms with E-state index in [-0.39, 0.29) is 24.7 Å². The zero-order chi connectivity index (χ0) is 18.6. The highest BCUT2D eigenvalue weighted by atomic mass is 19.4. The average molecular weight is 364 g/mol. The number of rotatable bonds is 6. The van der Waals surface area contributed by atoms with Crippen molar-refractivity contribution in [1.82, 2.24) is 15.0 Å². The minimum absolute atomic E-state index is 0.0195. The van der Waals surface area contributed by atoms with E-state index in [1.54, 1.807) is 12.1 Å². The summed E-state index contributed by atoms with van der Waals surface area (Å²) in [6.07, 6.45) is -0.0421. The second-order valence-corrected chi connectivity index (χ2v) is 5.42. The Hall–Kier alpha value is -2.94. The van der Waals surface area contributed by atoms with Gasteiger partial charge in [-0.15, -0.1) is 0 Å². The maximum Gasteiger partial charge on any atom is 0.433 e. The van der Waals surface area contributed by atoms with Crippen LogP contribution in [0.2, 0.25) is 0 Å². The minimum Gasteiger partial charge on any atom is -0.467 e. The van der Waals surface area contributed by atoms with E-state index in [4.69, 9.17) is 4.42 Å². The molecule has 1 atom stereocenters. The van der Waals surface area contributed by atoms with Gasteiger partial charge in [-0.2, -0.15) is 13.2 Å². The predicted molar refractivity (Wildman–Crippen MR) is 87.0 cm³/mol. The molecule has 0 aliphatic heterocycles. The van der Waals surface area contributed by atoms with E-state index < -0.39 is 17.9 Å². The number of aliphatic hydroxyl groups is 1. The van der Waals surface area contributed by atoms with Crippen LogP contribution in [-0.2, 0) is 6.18 Å². The predicted octanol–water partition coefficient (Wildman–Crippen LogP) is 3.69. The molecule has 0 aliphatic carbocycles. The first-order valence-corrected chi connectivity index (χ1v) is 7.75. The Bertz CT molecular complexity index is 839. The van der Waals surface area contributed by atoms with Gasteiger partial charge in [0.15, 0.2) is 11.5 Å². The van der Waals surface area contributed by atoms with Crippen molar-refractivity contribution < 1.29 is 22.7 Å². The number of nitrogens with zero attached hydrogens (tertiary/aromatic N) is 3. The molecular weight excluding hydrogens is 349 g/mol. The standard InChI is InChI=1S/C17H15F3N4O2/c18-17(19,20)14-10-15(22-12(5-8-25)13-2-1-9-26-13)24-16(23-14)11-3-6-21-7-4-11/h1-4,6-7,9-10,12,25H,5,8H2,(H,22,23,24). The number of hydrogen-bond acceptors (Lipinski definition) is 6. The smallest absolute Gasteiger partial charge is 0.433 e. The van der Waals surface area contributed by atoms with E-state index in [0.29, 0.717) is 11.3 Å². The Kier molecular flexibility index (Phi) is 5.17. The number of hydrogen-bond donors (Lipinski definition) is 2. The van der Waals surface area contributed by atoms with Gasteiger partial charge in [-0.25, -0.2) is 9.97 Å². The fourth-order valence-electron chi connectivity index (χ4n) is 2.38. The van der Waals surface area contributed by atoms with Gasteiger partial charge >= 0.3 is 6.18 Å². The van der Waals surface area contributed by atoms with Crippen molar-refractivity contribution in [3.63, 3.8) is 0 Å². The summed E-state index contributed by atoms with van der Waals surface area (Å²) in [4.78, 5) is 11.6. The Labute approximate surface area is 146 Å². The summed E-state index contributed by atoms with van der Waals surface area (Å²) in [5.41, 5.74) is -0.658. The Morgan fingerprint density at radius 3 is 2.54 bits per heavy atom. The Balaban J connectivity index is 2.00. The molecule has 2 N–H and O–H groups in total. The molecule has 0 saturated carbocycles. The monoisotopic (exact) mass is 364 g/mol. The van der Waals surface area contributed by atoms with E-state index in [2.05, 4.69) is 20.3 Å². The summed E-state index contributed by atoms with van der Waals surface area (Å²) in [7, 11) is 0. The van der Waals surface area contributed by atoms with E-state index in [1.807, 2.05) is 0 Å². The molecular formula is C17H15F3N4O2. The van der Waals surface area contributed by atoms with Crippen LogP contribution in [0.4, 0.5) is 19.0 Å². The molecule has 0 bridgehead atoms. The number of nitrogens with one attached hydrogen (secondary N) is 1. The van der Waals surface area contributed by atoms with Gasteiger partial charge in [0.25, 0.3) is 0 Å². The summed E-state index contributed by atoms with van der Waals surface area (Å²) < 4.78 is 45.0. The highest BCUT2D eigenvalue weighted by molar-refractivity contribution is 5.57. The molecule has 3 heterocycles. The lowest BCUT2D eigenvalue weighted by atomic mass is 10.1. The molecule has 3 aromatic rings. The molecule has 136 valence electrons. The van der Waals surface area contributed by atoms with Gasteiger partial charge < -0.3 is 14.8 Å². The quantitative estimate of drug-likeness (QED) is 0.694. The number of halogens is 3. The van der Waals surface area contributed by atoms with E-state index in [9.17, 15) is 18.3 Å². The van der Waals surface area contributed by atoms with Gasteiger partial charge in [0.1, 0.15) is 11.6 Å². The molecule has 0 amide bonds. The molecule has 6 nitrogen and oxygen atoms in total. The van der Waals surface area contributed by atoms with E-state index >= 15 is 0 Å². The fraction of sp³-hybridized carbons (Fsp3) is 0.235. The number of anilines is 1. The zero-order valence-corrected chi connectivity index (χ0v) is 13.4. The van der Waals surface area contributed by atoms with Gasteiger partial charge in [-0.1, -0.05) is 0 Å². The summed E-state index contributed by atoms with van der Waals surface area (Å²) in [5.74, 6) is 0.387. The van der Waals surface area contributed by atoms with Gasteiger partial charge in [-0.3, -0.25) is 4.98 Å². The molecule has 0 saturated heterocycles. The van der Waals surface area contributed by atoms with Crippen molar-refractivity contribution in [2.45, 2.75) is 18.6 Å². The first kappa shape index (κ1) is 17.9. The maximum atomic E-state index is 13.2. The lowest BCUT2D eigenvalue weighted by Gasteiger charge is -2.18. The first-order valence-electron chi connectivity index (χ1n) is 7.75. The summed E-state index contributed by atoms with van der Waals surface area (Å²) in [6.45, 7) is -0.174. The van der Waals surface area contributed by atoms with Crippen molar-refractivity contribution in [2.24, 2.45) is 0 Å². The minimum atomic E-state index is -4.63. The van der Waals surface area contributed by atoms with Gasteiger partial charge in [0, 0.05) is 30.6 Å². The second kappa shape index (κ2) is 7.52. The molecule has 0 spiro atoms. The van der Waals surface area contributed by atoms with Crippen LogP contribution in [0, 0.1) is 0 Å². The largest absolute Gasteiger partial charge is 0.467 e. The van der Waals surface area contributed by atoms with Crippen LogP contribution in [0.25, 0.3) is 11.4 Å². The third-order valence-corrected chi connectivity index (χ3v) is 3.58. The number of aromatic nitrogens is 3. The SMILES string of the molecule is OCCC(Nc1cc(C(F)(F)F)nc(-c2ccncc2)n1)c1ccco1.